The van der Waals surface area contributed by atoms with Gasteiger partial charge in [-0.05, 0) is 60.2 Å². The lowest BCUT2D eigenvalue weighted by atomic mass is 9.98. The van der Waals surface area contributed by atoms with E-state index in [9.17, 15) is 26.3 Å². The maximum absolute atomic E-state index is 14.7. The molecule has 0 atom stereocenters. The molecule has 0 saturated heterocycles. The Balaban J connectivity index is 1.78. The van der Waals surface area contributed by atoms with E-state index in [1.54, 1.807) is 0 Å². The highest BCUT2D eigenvalue weighted by Gasteiger charge is 2.16. The minimum absolute atomic E-state index is 0.0361. The third-order valence-electron chi connectivity index (χ3n) is 5.23. The summed E-state index contributed by atoms with van der Waals surface area (Å²) in [5.41, 5.74) is 0.769. The van der Waals surface area contributed by atoms with Crippen LogP contribution in [0.2, 0.25) is 0 Å². The number of allylic oxidation sites excluding steroid dienone is 1. The van der Waals surface area contributed by atoms with E-state index in [0.717, 1.165) is 36.0 Å². The molecule has 0 saturated carbocycles. The van der Waals surface area contributed by atoms with E-state index in [2.05, 4.69) is 6.58 Å². The molecular formula is C27H22F6S. The van der Waals surface area contributed by atoms with Crippen molar-refractivity contribution in [3.8, 4) is 11.1 Å². The minimum Gasteiger partial charge on any atom is -0.209 e. The van der Waals surface area contributed by atoms with Gasteiger partial charge in [0.1, 0.15) is 29.1 Å². The number of aryl methyl sites for hydroxylation is 1. The first-order chi connectivity index (χ1) is 16.2. The maximum Gasteiger partial charge on any atom is 0.161 e. The fourth-order valence-electron chi connectivity index (χ4n) is 3.44. The van der Waals surface area contributed by atoms with E-state index in [4.69, 9.17) is 0 Å². The smallest absolute Gasteiger partial charge is 0.161 e. The maximum atomic E-state index is 14.7. The van der Waals surface area contributed by atoms with Crippen LogP contribution in [0.3, 0.4) is 0 Å². The lowest BCUT2D eigenvalue weighted by Crippen LogP contribution is -2.01. The number of halogens is 6. The van der Waals surface area contributed by atoms with Crippen LogP contribution in [-0.2, 0) is 12.8 Å². The number of hydrogen-bond acceptors (Lipinski definition) is 1. The third-order valence-corrected chi connectivity index (χ3v) is 6.31. The monoisotopic (exact) mass is 492 g/mol. The summed E-state index contributed by atoms with van der Waals surface area (Å²) in [5, 5.41) is 0. The highest BCUT2D eigenvalue weighted by Crippen LogP contribution is 2.30. The van der Waals surface area contributed by atoms with Crippen LogP contribution in [0.4, 0.5) is 26.3 Å². The van der Waals surface area contributed by atoms with E-state index in [0.29, 0.717) is 11.3 Å². The van der Waals surface area contributed by atoms with Crippen molar-refractivity contribution in [1.29, 1.82) is 0 Å². The van der Waals surface area contributed by atoms with Crippen molar-refractivity contribution < 1.29 is 26.3 Å². The highest BCUT2D eigenvalue weighted by atomic mass is 32.2. The second-order valence-electron chi connectivity index (χ2n) is 7.56. The Morgan fingerprint density at radius 3 is 1.94 bits per heavy atom. The number of hydrogen-bond donors (Lipinski definition) is 0. The molecular weight excluding hydrogens is 470 g/mol. The highest BCUT2D eigenvalue weighted by molar-refractivity contribution is 7.99. The number of benzene rings is 3. The van der Waals surface area contributed by atoms with E-state index >= 15 is 0 Å². The molecule has 0 aromatic heterocycles. The van der Waals surface area contributed by atoms with Crippen LogP contribution in [-0.4, -0.2) is 5.75 Å². The SMILES string of the molecule is C=CCSc1c(F)cc(CCc2c(F)cc(-c3ccc(C(F)=C(F)CC)cc3)cc2F)cc1F. The standard InChI is InChI=1S/C27H22F6S/c1-3-11-34-27-24(31)12-16(13-25(27)32)5-10-20-22(29)14-19(15-23(20)30)17-6-8-18(9-7-17)26(33)21(28)4-2/h3,6-9,12-15H,1,4-5,10-11H2,2H3. The first-order valence-electron chi connectivity index (χ1n) is 10.6. The summed E-state index contributed by atoms with van der Waals surface area (Å²) in [5.74, 6) is -4.57. The molecule has 178 valence electrons. The topological polar surface area (TPSA) is 0 Å². The van der Waals surface area contributed by atoms with Gasteiger partial charge >= 0.3 is 0 Å². The molecule has 34 heavy (non-hydrogen) atoms. The van der Waals surface area contributed by atoms with Gasteiger partial charge in [0.25, 0.3) is 0 Å². The molecule has 0 aliphatic heterocycles. The van der Waals surface area contributed by atoms with Crippen LogP contribution in [0.5, 0.6) is 0 Å². The summed E-state index contributed by atoms with van der Waals surface area (Å²) >= 11 is 0.976. The molecule has 0 amide bonds. The average molecular weight is 493 g/mol. The van der Waals surface area contributed by atoms with E-state index in [-0.39, 0.29) is 46.4 Å². The molecule has 0 aliphatic carbocycles. The molecule has 0 heterocycles. The quantitative estimate of drug-likeness (QED) is 0.163. The number of thioether (sulfide) groups is 1. The average Bonchev–Trinajstić information content (AvgIpc) is 2.82. The summed E-state index contributed by atoms with van der Waals surface area (Å²) in [6.07, 6.45) is 1.39. The van der Waals surface area contributed by atoms with Crippen LogP contribution < -0.4 is 0 Å². The third kappa shape index (κ3) is 5.95. The van der Waals surface area contributed by atoms with Crippen molar-refractivity contribution in [1.82, 2.24) is 0 Å². The molecule has 3 rings (SSSR count). The van der Waals surface area contributed by atoms with Crippen molar-refractivity contribution in [3.63, 3.8) is 0 Å². The van der Waals surface area contributed by atoms with Gasteiger partial charge < -0.3 is 0 Å². The molecule has 0 spiro atoms. The summed E-state index contributed by atoms with van der Waals surface area (Å²) in [4.78, 5) is -0.121. The van der Waals surface area contributed by atoms with Crippen molar-refractivity contribution in [2.24, 2.45) is 0 Å². The van der Waals surface area contributed by atoms with Crippen LogP contribution in [0, 0.1) is 23.3 Å². The summed E-state index contributed by atoms with van der Waals surface area (Å²) in [6.45, 7) is 5.00. The second kappa shape index (κ2) is 11.5. The van der Waals surface area contributed by atoms with Crippen molar-refractivity contribution >= 4 is 17.6 Å². The fraction of sp³-hybridized carbons (Fsp3) is 0.185. The van der Waals surface area contributed by atoms with E-state index in [1.165, 1.54) is 37.3 Å². The Labute approximate surface area is 199 Å². The summed E-state index contributed by atoms with van der Waals surface area (Å²) in [6, 6.07) is 10.2. The van der Waals surface area contributed by atoms with Gasteiger partial charge in [0, 0.05) is 16.9 Å². The first-order valence-corrected chi connectivity index (χ1v) is 11.6. The van der Waals surface area contributed by atoms with Crippen molar-refractivity contribution in [3.05, 3.63) is 107 Å². The molecule has 0 N–H and O–H groups in total. The molecule has 0 bridgehead atoms. The normalized spacial score (nSPS) is 12.0. The van der Waals surface area contributed by atoms with Gasteiger partial charge in [-0.3, -0.25) is 0 Å². The summed E-state index contributed by atoms with van der Waals surface area (Å²) < 4.78 is 85.2. The Morgan fingerprint density at radius 1 is 0.824 bits per heavy atom. The van der Waals surface area contributed by atoms with Crippen LogP contribution in [0.1, 0.15) is 30.0 Å². The zero-order chi connectivity index (χ0) is 24.8. The van der Waals surface area contributed by atoms with Gasteiger partial charge in [0.2, 0.25) is 0 Å². The van der Waals surface area contributed by atoms with Crippen LogP contribution >= 0.6 is 11.8 Å². The van der Waals surface area contributed by atoms with E-state index in [1.807, 2.05) is 0 Å². The molecule has 0 radical (unpaired) electrons. The zero-order valence-electron chi connectivity index (χ0n) is 18.4. The Kier molecular flexibility index (Phi) is 8.67. The van der Waals surface area contributed by atoms with Gasteiger partial charge in [-0.2, -0.15) is 0 Å². The lowest BCUT2D eigenvalue weighted by Gasteiger charge is -2.11. The molecule has 0 unspecified atom stereocenters. The van der Waals surface area contributed by atoms with Crippen LogP contribution in [0.25, 0.3) is 17.0 Å². The Bertz CT molecular complexity index is 1170. The van der Waals surface area contributed by atoms with E-state index < -0.39 is 34.9 Å². The fourth-order valence-corrected chi connectivity index (χ4v) is 4.11. The molecule has 0 nitrogen and oxygen atoms in total. The predicted molar refractivity (Wildman–Crippen MR) is 126 cm³/mol. The predicted octanol–water partition coefficient (Wildman–Crippen LogP) is 8.99. The molecule has 3 aromatic rings. The van der Waals surface area contributed by atoms with Crippen molar-refractivity contribution in [2.75, 3.05) is 5.75 Å². The molecule has 0 aliphatic rings. The van der Waals surface area contributed by atoms with Gasteiger partial charge in [-0.1, -0.05) is 37.3 Å². The largest absolute Gasteiger partial charge is 0.209 e. The van der Waals surface area contributed by atoms with Gasteiger partial charge in [0.15, 0.2) is 5.83 Å². The Hall–Kier alpha value is -2.93. The van der Waals surface area contributed by atoms with Crippen molar-refractivity contribution in [2.45, 2.75) is 31.1 Å². The summed E-state index contributed by atoms with van der Waals surface area (Å²) in [7, 11) is 0. The second-order valence-corrected chi connectivity index (χ2v) is 8.59. The lowest BCUT2D eigenvalue weighted by molar-refractivity contribution is 0.535. The van der Waals surface area contributed by atoms with Crippen LogP contribution in [0.15, 0.2) is 71.9 Å². The number of rotatable bonds is 9. The molecule has 0 fully saturated rings. The zero-order valence-corrected chi connectivity index (χ0v) is 19.2. The first kappa shape index (κ1) is 25.7. The molecule has 7 heteroatoms. The van der Waals surface area contributed by atoms with Gasteiger partial charge in [-0.15, -0.1) is 18.3 Å². The van der Waals surface area contributed by atoms with Gasteiger partial charge in [0.05, 0.1) is 4.90 Å². The molecule has 3 aromatic carbocycles. The minimum atomic E-state index is -0.970. The van der Waals surface area contributed by atoms with Gasteiger partial charge in [-0.25, -0.2) is 26.3 Å². The Morgan fingerprint density at radius 2 is 1.41 bits per heavy atom.